The third kappa shape index (κ3) is 3.04. The summed E-state index contributed by atoms with van der Waals surface area (Å²) in [4.78, 5) is 27.5. The van der Waals surface area contributed by atoms with Crippen molar-refractivity contribution in [2.45, 2.75) is 19.4 Å². The molecule has 3 aromatic rings. The number of hydrogen-bond acceptors (Lipinski definition) is 6. The molecule has 1 aliphatic heterocycles. The van der Waals surface area contributed by atoms with E-state index < -0.39 is 0 Å². The van der Waals surface area contributed by atoms with Gasteiger partial charge >= 0.3 is 0 Å². The molecule has 6 nitrogen and oxygen atoms in total. The molecule has 132 valence electrons. The van der Waals surface area contributed by atoms with Crippen LogP contribution in [0.1, 0.15) is 23.8 Å². The monoisotopic (exact) mass is 386 g/mol. The number of thiazole rings is 1. The van der Waals surface area contributed by atoms with E-state index in [1.807, 2.05) is 19.1 Å². The van der Waals surface area contributed by atoms with Crippen LogP contribution in [0.2, 0.25) is 5.02 Å². The van der Waals surface area contributed by atoms with Gasteiger partial charge in [-0.15, -0.1) is 11.3 Å². The minimum atomic E-state index is -0.179. The molecular weight excluding hydrogens is 372 g/mol. The molecule has 1 aromatic carbocycles. The van der Waals surface area contributed by atoms with Crippen molar-refractivity contribution in [3.63, 3.8) is 0 Å². The minimum Gasteiger partial charge on any atom is -0.485 e. The molecule has 0 saturated carbocycles. The van der Waals surface area contributed by atoms with Gasteiger partial charge in [0, 0.05) is 17.8 Å². The number of benzene rings is 1. The average Bonchev–Trinajstić information content (AvgIpc) is 3.18. The molecule has 1 amide bonds. The zero-order valence-electron chi connectivity index (χ0n) is 13.9. The van der Waals surface area contributed by atoms with Crippen molar-refractivity contribution in [2.24, 2.45) is 0 Å². The number of carbonyl (C=O) groups is 1. The van der Waals surface area contributed by atoms with Crippen molar-refractivity contribution >= 4 is 34.5 Å². The van der Waals surface area contributed by atoms with Crippen LogP contribution in [0.5, 0.6) is 5.75 Å². The number of para-hydroxylation sites is 1. The molecule has 0 unspecified atom stereocenters. The highest BCUT2D eigenvalue weighted by Crippen LogP contribution is 2.40. The quantitative estimate of drug-likeness (QED) is 0.678. The number of halogens is 1. The number of anilines is 1. The van der Waals surface area contributed by atoms with Gasteiger partial charge in [0.25, 0.3) is 5.91 Å². The number of rotatable bonds is 3. The molecule has 0 radical (unpaired) electrons. The molecule has 26 heavy (non-hydrogen) atoms. The highest BCUT2D eigenvalue weighted by molar-refractivity contribution is 7.13. The first-order valence-corrected chi connectivity index (χ1v) is 9.42. The van der Waals surface area contributed by atoms with E-state index in [4.69, 9.17) is 16.3 Å². The fraction of sp³-hybridized carbons (Fsp3) is 0.222. The SMILES string of the molecule is CC[C@H]1CN(C(=O)c2csc(-c3cnccn3)n2)c2cccc(Cl)c2O1. The number of nitrogens with zero attached hydrogens (tertiary/aromatic N) is 4. The number of aromatic nitrogens is 3. The first-order valence-electron chi connectivity index (χ1n) is 8.16. The normalized spacial score (nSPS) is 16.1. The number of fused-ring (bicyclic) bond motifs is 1. The van der Waals surface area contributed by atoms with Gasteiger partial charge in [-0.25, -0.2) is 4.98 Å². The van der Waals surface area contributed by atoms with Crippen LogP contribution in [-0.4, -0.2) is 33.5 Å². The Morgan fingerprint density at radius 3 is 3.08 bits per heavy atom. The van der Waals surface area contributed by atoms with E-state index in [9.17, 15) is 4.79 Å². The van der Waals surface area contributed by atoms with Crippen LogP contribution < -0.4 is 9.64 Å². The predicted molar refractivity (Wildman–Crippen MR) is 101 cm³/mol. The van der Waals surface area contributed by atoms with E-state index in [1.165, 1.54) is 11.3 Å². The zero-order valence-corrected chi connectivity index (χ0v) is 15.5. The summed E-state index contributed by atoms with van der Waals surface area (Å²) in [6.07, 6.45) is 5.50. The molecule has 0 bridgehead atoms. The lowest BCUT2D eigenvalue weighted by Crippen LogP contribution is -2.43. The lowest BCUT2D eigenvalue weighted by atomic mass is 10.1. The van der Waals surface area contributed by atoms with Crippen LogP contribution in [0, 0.1) is 0 Å². The maximum absolute atomic E-state index is 13.1. The van der Waals surface area contributed by atoms with Crippen molar-refractivity contribution in [1.82, 2.24) is 15.0 Å². The highest BCUT2D eigenvalue weighted by atomic mass is 35.5. The molecule has 0 spiro atoms. The van der Waals surface area contributed by atoms with E-state index in [-0.39, 0.29) is 12.0 Å². The summed E-state index contributed by atoms with van der Waals surface area (Å²) >= 11 is 7.64. The number of carbonyl (C=O) groups excluding carboxylic acids is 1. The molecule has 0 aliphatic carbocycles. The van der Waals surface area contributed by atoms with Crippen LogP contribution >= 0.6 is 22.9 Å². The Labute approximate surface area is 159 Å². The van der Waals surface area contributed by atoms with Crippen LogP contribution in [0.4, 0.5) is 5.69 Å². The van der Waals surface area contributed by atoms with Crippen LogP contribution in [0.3, 0.4) is 0 Å². The molecule has 8 heteroatoms. The standard InChI is InChI=1S/C18H15ClN4O2S/c1-2-11-9-23(15-5-3-4-12(19)16(15)25-11)18(24)14-10-26-17(22-14)13-8-20-6-7-21-13/h3-8,10-11H,2,9H2,1H3/t11-/m0/s1. The van der Waals surface area contributed by atoms with Crippen LogP contribution in [-0.2, 0) is 0 Å². The Hall–Kier alpha value is -2.51. The molecule has 1 aliphatic rings. The molecule has 1 atom stereocenters. The zero-order chi connectivity index (χ0) is 18.1. The second-order valence-electron chi connectivity index (χ2n) is 5.78. The number of ether oxygens (including phenoxy) is 1. The Kier molecular flexibility index (Phi) is 4.57. The molecular formula is C18H15ClN4O2S. The van der Waals surface area contributed by atoms with Gasteiger partial charge in [-0.1, -0.05) is 24.6 Å². The summed E-state index contributed by atoms with van der Waals surface area (Å²) in [5.74, 6) is 0.367. The lowest BCUT2D eigenvalue weighted by molar-refractivity contribution is 0.0950. The Bertz CT molecular complexity index is 947. The summed E-state index contributed by atoms with van der Waals surface area (Å²) < 4.78 is 5.94. The van der Waals surface area contributed by atoms with Crippen LogP contribution in [0.15, 0.2) is 42.2 Å². The topological polar surface area (TPSA) is 68.2 Å². The van der Waals surface area contributed by atoms with Crippen molar-refractivity contribution in [1.29, 1.82) is 0 Å². The van der Waals surface area contributed by atoms with Gasteiger partial charge < -0.3 is 4.74 Å². The Morgan fingerprint density at radius 1 is 1.42 bits per heavy atom. The van der Waals surface area contributed by atoms with E-state index in [2.05, 4.69) is 15.0 Å². The lowest BCUT2D eigenvalue weighted by Gasteiger charge is -2.34. The van der Waals surface area contributed by atoms with E-state index in [0.29, 0.717) is 39.4 Å². The summed E-state index contributed by atoms with van der Waals surface area (Å²) in [5.41, 5.74) is 1.69. The van der Waals surface area contributed by atoms with Crippen molar-refractivity contribution in [2.75, 3.05) is 11.4 Å². The molecule has 2 aromatic heterocycles. The maximum atomic E-state index is 13.1. The fourth-order valence-electron chi connectivity index (χ4n) is 2.77. The summed E-state index contributed by atoms with van der Waals surface area (Å²) in [7, 11) is 0. The van der Waals surface area contributed by atoms with Crippen molar-refractivity contribution in [3.8, 4) is 16.5 Å². The molecule has 0 fully saturated rings. The predicted octanol–water partition coefficient (Wildman–Crippen LogP) is 4.07. The maximum Gasteiger partial charge on any atom is 0.278 e. The summed E-state index contributed by atoms with van der Waals surface area (Å²) in [6.45, 7) is 2.48. The van der Waals surface area contributed by atoms with Crippen LogP contribution in [0.25, 0.3) is 10.7 Å². The van der Waals surface area contributed by atoms with Gasteiger partial charge in [0.1, 0.15) is 22.5 Å². The van der Waals surface area contributed by atoms with E-state index >= 15 is 0 Å². The first kappa shape index (κ1) is 16.9. The Balaban J connectivity index is 1.68. The summed E-state index contributed by atoms with van der Waals surface area (Å²) in [6, 6.07) is 5.40. The summed E-state index contributed by atoms with van der Waals surface area (Å²) in [5, 5.41) is 2.90. The molecule has 3 heterocycles. The van der Waals surface area contributed by atoms with Gasteiger partial charge in [0.05, 0.1) is 23.5 Å². The van der Waals surface area contributed by atoms with Gasteiger partial charge in [0.15, 0.2) is 5.75 Å². The third-order valence-corrected chi connectivity index (χ3v) is 5.28. The second kappa shape index (κ2) is 7.01. The van der Waals surface area contributed by atoms with Crippen molar-refractivity contribution in [3.05, 3.63) is 52.9 Å². The van der Waals surface area contributed by atoms with Crippen molar-refractivity contribution < 1.29 is 9.53 Å². The number of hydrogen-bond donors (Lipinski definition) is 0. The highest BCUT2D eigenvalue weighted by Gasteiger charge is 2.32. The molecule has 0 N–H and O–H groups in total. The number of amides is 1. The third-order valence-electron chi connectivity index (χ3n) is 4.11. The van der Waals surface area contributed by atoms with Gasteiger partial charge in [-0.05, 0) is 18.6 Å². The molecule has 4 rings (SSSR count). The van der Waals surface area contributed by atoms with E-state index in [0.717, 1.165) is 6.42 Å². The Morgan fingerprint density at radius 2 is 2.31 bits per heavy atom. The van der Waals surface area contributed by atoms with Gasteiger partial charge in [-0.2, -0.15) is 0 Å². The minimum absolute atomic E-state index is 0.107. The van der Waals surface area contributed by atoms with E-state index in [1.54, 1.807) is 34.9 Å². The largest absolute Gasteiger partial charge is 0.485 e. The first-order chi connectivity index (χ1) is 12.7. The second-order valence-corrected chi connectivity index (χ2v) is 7.05. The smallest absolute Gasteiger partial charge is 0.278 e. The average molecular weight is 387 g/mol. The fourth-order valence-corrected chi connectivity index (χ4v) is 3.74. The van der Waals surface area contributed by atoms with Gasteiger partial charge in [-0.3, -0.25) is 19.7 Å². The van der Waals surface area contributed by atoms with Gasteiger partial charge in [0.2, 0.25) is 0 Å². The molecule has 0 saturated heterocycles.